The van der Waals surface area contributed by atoms with Gasteiger partial charge in [-0.1, -0.05) is 19.1 Å². The third-order valence-corrected chi connectivity index (χ3v) is 2.57. The van der Waals surface area contributed by atoms with Crippen molar-refractivity contribution in [2.45, 2.75) is 20.0 Å². The Bertz CT molecular complexity index is 329. The molecule has 0 unspecified atom stereocenters. The SMILES string of the molecule is COc1ccc([C@@H](O)[C@@H](C)C(C)=O)cc1. The molecule has 0 bridgehead atoms. The molecule has 0 aliphatic heterocycles. The zero-order valence-electron chi connectivity index (χ0n) is 9.23. The van der Waals surface area contributed by atoms with Gasteiger partial charge in [-0.25, -0.2) is 0 Å². The molecular weight excluding hydrogens is 192 g/mol. The number of hydrogen-bond donors (Lipinski definition) is 1. The van der Waals surface area contributed by atoms with Crippen LogP contribution in [0.25, 0.3) is 0 Å². The number of aliphatic hydroxyl groups is 1. The first-order valence-electron chi connectivity index (χ1n) is 4.88. The van der Waals surface area contributed by atoms with E-state index in [0.29, 0.717) is 0 Å². The van der Waals surface area contributed by atoms with Crippen LogP contribution >= 0.6 is 0 Å². The van der Waals surface area contributed by atoms with E-state index in [1.807, 2.05) is 0 Å². The van der Waals surface area contributed by atoms with Crippen LogP contribution in [0.1, 0.15) is 25.5 Å². The van der Waals surface area contributed by atoms with E-state index >= 15 is 0 Å². The second kappa shape index (κ2) is 4.94. The summed E-state index contributed by atoms with van der Waals surface area (Å²) in [7, 11) is 1.59. The fourth-order valence-corrected chi connectivity index (χ4v) is 1.31. The number of hydrogen-bond acceptors (Lipinski definition) is 3. The molecule has 2 atom stereocenters. The Hall–Kier alpha value is -1.35. The zero-order chi connectivity index (χ0) is 11.4. The second-order valence-corrected chi connectivity index (χ2v) is 3.62. The topological polar surface area (TPSA) is 46.5 Å². The molecule has 0 aliphatic carbocycles. The molecule has 0 amide bonds. The van der Waals surface area contributed by atoms with E-state index in [2.05, 4.69) is 0 Å². The number of methoxy groups -OCH3 is 1. The number of Topliss-reactive ketones (excluding diaryl/α,β-unsaturated/α-hetero) is 1. The summed E-state index contributed by atoms with van der Waals surface area (Å²) >= 11 is 0. The third-order valence-electron chi connectivity index (χ3n) is 2.57. The second-order valence-electron chi connectivity index (χ2n) is 3.62. The molecule has 0 heterocycles. The van der Waals surface area contributed by atoms with Crippen molar-refractivity contribution in [3.63, 3.8) is 0 Å². The highest BCUT2D eigenvalue weighted by atomic mass is 16.5. The van der Waals surface area contributed by atoms with Crippen LogP contribution in [-0.2, 0) is 4.79 Å². The lowest BCUT2D eigenvalue weighted by Gasteiger charge is -2.16. The lowest BCUT2D eigenvalue weighted by Crippen LogP contribution is -2.16. The van der Waals surface area contributed by atoms with Gasteiger partial charge < -0.3 is 9.84 Å². The highest BCUT2D eigenvalue weighted by Crippen LogP contribution is 2.24. The molecule has 82 valence electrons. The van der Waals surface area contributed by atoms with Crippen molar-refractivity contribution < 1.29 is 14.6 Å². The van der Waals surface area contributed by atoms with Gasteiger partial charge in [0.2, 0.25) is 0 Å². The first-order chi connectivity index (χ1) is 7.06. The summed E-state index contributed by atoms with van der Waals surface area (Å²) in [5.41, 5.74) is 0.735. The van der Waals surface area contributed by atoms with Crippen molar-refractivity contribution in [3.8, 4) is 5.75 Å². The van der Waals surface area contributed by atoms with Crippen molar-refractivity contribution in [2.24, 2.45) is 5.92 Å². The first-order valence-corrected chi connectivity index (χ1v) is 4.88. The van der Waals surface area contributed by atoms with Crippen molar-refractivity contribution >= 4 is 5.78 Å². The Morgan fingerprint density at radius 2 is 1.87 bits per heavy atom. The van der Waals surface area contributed by atoms with Crippen molar-refractivity contribution in [3.05, 3.63) is 29.8 Å². The Labute approximate surface area is 89.7 Å². The van der Waals surface area contributed by atoms with Crippen LogP contribution in [-0.4, -0.2) is 18.0 Å². The van der Waals surface area contributed by atoms with Gasteiger partial charge in [-0.05, 0) is 24.6 Å². The fraction of sp³-hybridized carbons (Fsp3) is 0.417. The molecular formula is C12H16O3. The van der Waals surface area contributed by atoms with Gasteiger partial charge >= 0.3 is 0 Å². The van der Waals surface area contributed by atoms with E-state index < -0.39 is 6.10 Å². The van der Waals surface area contributed by atoms with E-state index in [9.17, 15) is 9.90 Å². The van der Waals surface area contributed by atoms with E-state index in [0.717, 1.165) is 11.3 Å². The normalized spacial score (nSPS) is 14.4. The van der Waals surface area contributed by atoms with Gasteiger partial charge in [-0.2, -0.15) is 0 Å². The lowest BCUT2D eigenvalue weighted by atomic mass is 9.94. The largest absolute Gasteiger partial charge is 0.497 e. The summed E-state index contributed by atoms with van der Waals surface area (Å²) in [6.07, 6.45) is -0.742. The van der Waals surface area contributed by atoms with Gasteiger partial charge in [0.1, 0.15) is 11.5 Å². The fourth-order valence-electron chi connectivity index (χ4n) is 1.31. The van der Waals surface area contributed by atoms with Crippen molar-refractivity contribution in [1.29, 1.82) is 0 Å². The van der Waals surface area contributed by atoms with Gasteiger partial charge in [0.05, 0.1) is 13.2 Å². The molecule has 3 heteroatoms. The summed E-state index contributed by atoms with van der Waals surface area (Å²) in [5, 5.41) is 9.86. The highest BCUT2D eigenvalue weighted by molar-refractivity contribution is 5.78. The van der Waals surface area contributed by atoms with Gasteiger partial charge in [0.25, 0.3) is 0 Å². The van der Waals surface area contributed by atoms with Gasteiger partial charge in [0.15, 0.2) is 0 Å². The first kappa shape index (κ1) is 11.7. The molecule has 3 nitrogen and oxygen atoms in total. The zero-order valence-corrected chi connectivity index (χ0v) is 9.23. The van der Waals surface area contributed by atoms with Crippen LogP contribution in [0, 0.1) is 5.92 Å². The number of ketones is 1. The lowest BCUT2D eigenvalue weighted by molar-refractivity contribution is -0.123. The molecule has 0 spiro atoms. The summed E-state index contributed by atoms with van der Waals surface area (Å²) < 4.78 is 5.01. The van der Waals surface area contributed by atoms with E-state index in [4.69, 9.17) is 4.74 Å². The van der Waals surface area contributed by atoms with Crippen LogP contribution in [0.5, 0.6) is 5.75 Å². The van der Waals surface area contributed by atoms with Crippen LogP contribution < -0.4 is 4.74 Å². The monoisotopic (exact) mass is 208 g/mol. The number of aliphatic hydroxyl groups excluding tert-OH is 1. The number of carbonyl (C=O) groups excluding carboxylic acids is 1. The summed E-state index contributed by atoms with van der Waals surface area (Å²) in [6, 6.07) is 7.07. The van der Waals surface area contributed by atoms with Gasteiger partial charge in [0, 0.05) is 5.92 Å². The molecule has 0 aliphatic rings. The maximum Gasteiger partial charge on any atom is 0.135 e. The standard InChI is InChI=1S/C12H16O3/c1-8(9(2)13)12(14)10-4-6-11(15-3)7-5-10/h4-8,12,14H,1-3H3/t8-,12-/m0/s1. The summed E-state index contributed by atoms with van der Waals surface area (Å²) in [4.78, 5) is 11.1. The van der Waals surface area contributed by atoms with E-state index in [1.54, 1.807) is 38.3 Å². The quantitative estimate of drug-likeness (QED) is 0.822. The molecule has 1 aromatic rings. The molecule has 1 aromatic carbocycles. The maximum absolute atomic E-state index is 11.1. The smallest absolute Gasteiger partial charge is 0.135 e. The number of carbonyl (C=O) groups is 1. The number of rotatable bonds is 4. The predicted octanol–water partition coefficient (Wildman–Crippen LogP) is 1.95. The average Bonchev–Trinajstić information content (AvgIpc) is 2.27. The maximum atomic E-state index is 11.1. The minimum Gasteiger partial charge on any atom is -0.497 e. The Balaban J connectivity index is 2.82. The van der Waals surface area contributed by atoms with Crippen LogP contribution in [0.3, 0.4) is 0 Å². The van der Waals surface area contributed by atoms with E-state index in [1.165, 1.54) is 6.92 Å². The minimum atomic E-state index is -0.742. The predicted molar refractivity (Wildman–Crippen MR) is 57.8 cm³/mol. The molecule has 0 fully saturated rings. The average molecular weight is 208 g/mol. The molecule has 0 saturated heterocycles. The van der Waals surface area contributed by atoms with Crippen molar-refractivity contribution in [1.82, 2.24) is 0 Å². The molecule has 1 rings (SSSR count). The molecule has 0 saturated carbocycles. The third kappa shape index (κ3) is 2.80. The molecule has 1 N–H and O–H groups in total. The minimum absolute atomic E-state index is 0.0154. The Morgan fingerprint density at radius 3 is 2.27 bits per heavy atom. The number of ether oxygens (including phenoxy) is 1. The van der Waals surface area contributed by atoms with Crippen LogP contribution in [0.15, 0.2) is 24.3 Å². The van der Waals surface area contributed by atoms with Crippen LogP contribution in [0.2, 0.25) is 0 Å². The molecule has 0 radical (unpaired) electrons. The Morgan fingerprint density at radius 1 is 1.33 bits per heavy atom. The van der Waals surface area contributed by atoms with Crippen LogP contribution in [0.4, 0.5) is 0 Å². The van der Waals surface area contributed by atoms with Gasteiger partial charge in [-0.15, -0.1) is 0 Å². The summed E-state index contributed by atoms with van der Waals surface area (Å²) in [5.74, 6) is 0.346. The Kier molecular flexibility index (Phi) is 3.86. The molecule has 15 heavy (non-hydrogen) atoms. The summed E-state index contributed by atoms with van der Waals surface area (Å²) in [6.45, 7) is 3.20. The van der Waals surface area contributed by atoms with Gasteiger partial charge in [-0.3, -0.25) is 4.79 Å². The molecule has 0 aromatic heterocycles. The highest BCUT2D eigenvalue weighted by Gasteiger charge is 2.19. The number of benzene rings is 1. The van der Waals surface area contributed by atoms with Crippen molar-refractivity contribution in [2.75, 3.05) is 7.11 Å². The van der Waals surface area contributed by atoms with E-state index in [-0.39, 0.29) is 11.7 Å².